The summed E-state index contributed by atoms with van der Waals surface area (Å²) in [6, 6.07) is 4.13. The van der Waals surface area contributed by atoms with E-state index in [0.717, 1.165) is 0 Å². The Balaban J connectivity index is 3.23. The van der Waals surface area contributed by atoms with Gasteiger partial charge in [0.2, 0.25) is 0 Å². The van der Waals surface area contributed by atoms with Gasteiger partial charge in [0.15, 0.2) is 0 Å². The third kappa shape index (κ3) is 1.43. The molecule has 0 aliphatic carbocycles. The van der Waals surface area contributed by atoms with Crippen LogP contribution in [0.3, 0.4) is 0 Å². The molecule has 0 radical (unpaired) electrons. The molecule has 3 nitrogen and oxygen atoms in total. The molecule has 1 aromatic carbocycles. The van der Waals surface area contributed by atoms with Gasteiger partial charge in [0.1, 0.15) is 5.82 Å². The lowest BCUT2D eigenvalue weighted by Crippen LogP contribution is -2.14. The van der Waals surface area contributed by atoms with Crippen molar-refractivity contribution in [1.29, 1.82) is 0 Å². The van der Waals surface area contributed by atoms with Gasteiger partial charge in [-0.3, -0.25) is 4.79 Å². The number of carbonyl (C=O) groups excluding carboxylic acids is 1. The summed E-state index contributed by atoms with van der Waals surface area (Å²) in [6.07, 6.45) is 0. The number of carbonyl (C=O) groups is 1. The first-order valence-corrected chi connectivity index (χ1v) is 3.35. The Morgan fingerprint density at radius 2 is 2.25 bits per heavy atom. The molecule has 0 unspecified atom stereocenters. The van der Waals surface area contributed by atoms with E-state index in [-0.39, 0.29) is 11.1 Å². The molecule has 12 heavy (non-hydrogen) atoms. The van der Waals surface area contributed by atoms with E-state index in [0.29, 0.717) is 0 Å². The highest BCUT2D eigenvalue weighted by Crippen LogP contribution is 2.11. The highest BCUT2D eigenvalue weighted by atomic mass is 19.1. The van der Waals surface area contributed by atoms with E-state index in [1.54, 1.807) is 0 Å². The molecule has 1 aromatic rings. The minimum Gasteiger partial charge on any atom is -0.392 e. The van der Waals surface area contributed by atoms with Gasteiger partial charge in [-0.15, -0.1) is 0 Å². The van der Waals surface area contributed by atoms with Crippen molar-refractivity contribution >= 4 is 5.91 Å². The number of hydrogen-bond acceptors (Lipinski definition) is 2. The van der Waals surface area contributed by atoms with Crippen LogP contribution in [0.15, 0.2) is 18.2 Å². The van der Waals surface area contributed by atoms with Crippen LogP contribution in [0, 0.1) is 5.82 Å². The quantitative estimate of drug-likeness (QED) is 0.673. The third-order valence-corrected chi connectivity index (χ3v) is 1.51. The van der Waals surface area contributed by atoms with Gasteiger partial charge in [-0.1, -0.05) is 12.1 Å². The van der Waals surface area contributed by atoms with Gasteiger partial charge < -0.3 is 10.8 Å². The monoisotopic (exact) mass is 169 g/mol. The summed E-state index contributed by atoms with van der Waals surface area (Å²) in [5.41, 5.74) is 4.76. The van der Waals surface area contributed by atoms with E-state index in [9.17, 15) is 9.18 Å². The van der Waals surface area contributed by atoms with Crippen LogP contribution in [0.25, 0.3) is 0 Å². The first-order chi connectivity index (χ1) is 5.66. The normalized spacial score (nSPS) is 9.83. The molecule has 0 saturated carbocycles. The minimum absolute atomic E-state index is 0.0753. The van der Waals surface area contributed by atoms with Crippen LogP contribution in [0.2, 0.25) is 0 Å². The number of benzene rings is 1. The topological polar surface area (TPSA) is 63.3 Å². The van der Waals surface area contributed by atoms with Gasteiger partial charge in [0.25, 0.3) is 5.91 Å². The Morgan fingerprint density at radius 3 is 2.75 bits per heavy atom. The summed E-state index contributed by atoms with van der Waals surface area (Å²) in [7, 11) is 0. The number of aliphatic hydroxyl groups excluding tert-OH is 1. The summed E-state index contributed by atoms with van der Waals surface area (Å²) in [5, 5.41) is 8.63. The zero-order valence-electron chi connectivity index (χ0n) is 6.25. The SMILES string of the molecule is NC(=O)c1cccc(CO)c1F. The average Bonchev–Trinajstić information content (AvgIpc) is 2.04. The largest absolute Gasteiger partial charge is 0.392 e. The Kier molecular flexibility index (Phi) is 2.40. The van der Waals surface area contributed by atoms with Crippen LogP contribution < -0.4 is 5.73 Å². The molecule has 0 atom stereocenters. The van der Waals surface area contributed by atoms with Gasteiger partial charge >= 0.3 is 0 Å². The fraction of sp³-hybridized carbons (Fsp3) is 0.125. The number of amides is 1. The van der Waals surface area contributed by atoms with Crippen molar-refractivity contribution < 1.29 is 14.3 Å². The molecule has 0 saturated heterocycles. The zero-order valence-corrected chi connectivity index (χ0v) is 6.25. The third-order valence-electron chi connectivity index (χ3n) is 1.51. The smallest absolute Gasteiger partial charge is 0.251 e. The van der Waals surface area contributed by atoms with Crippen molar-refractivity contribution in [2.75, 3.05) is 0 Å². The molecular formula is C8H8FNO2. The van der Waals surface area contributed by atoms with E-state index < -0.39 is 18.3 Å². The predicted molar refractivity (Wildman–Crippen MR) is 40.8 cm³/mol. The van der Waals surface area contributed by atoms with Crippen LogP contribution in [-0.4, -0.2) is 11.0 Å². The Bertz CT molecular complexity index is 312. The second kappa shape index (κ2) is 3.32. The number of primary amides is 1. The van der Waals surface area contributed by atoms with E-state index >= 15 is 0 Å². The molecule has 0 heterocycles. The Hall–Kier alpha value is -1.42. The summed E-state index contributed by atoms with van der Waals surface area (Å²) in [5.74, 6) is -1.57. The number of halogens is 1. The molecule has 4 heteroatoms. The van der Waals surface area contributed by atoms with Crippen molar-refractivity contribution in [1.82, 2.24) is 0 Å². The van der Waals surface area contributed by atoms with E-state index in [4.69, 9.17) is 10.8 Å². The maximum atomic E-state index is 13.1. The van der Waals surface area contributed by atoms with Gasteiger partial charge in [-0.25, -0.2) is 4.39 Å². The molecule has 3 N–H and O–H groups in total. The second-order valence-corrected chi connectivity index (χ2v) is 2.30. The van der Waals surface area contributed by atoms with Crippen LogP contribution in [0.4, 0.5) is 4.39 Å². The number of nitrogens with two attached hydrogens (primary N) is 1. The fourth-order valence-corrected chi connectivity index (χ4v) is 0.892. The first-order valence-electron chi connectivity index (χ1n) is 3.35. The van der Waals surface area contributed by atoms with Gasteiger partial charge in [0, 0.05) is 5.56 Å². The molecule has 64 valence electrons. The summed E-state index contributed by atoms with van der Waals surface area (Å²) in [4.78, 5) is 10.6. The van der Waals surface area contributed by atoms with Crippen molar-refractivity contribution in [3.63, 3.8) is 0 Å². The second-order valence-electron chi connectivity index (χ2n) is 2.30. The van der Waals surface area contributed by atoms with Crippen LogP contribution in [-0.2, 0) is 6.61 Å². The van der Waals surface area contributed by atoms with Crippen molar-refractivity contribution in [3.8, 4) is 0 Å². The lowest BCUT2D eigenvalue weighted by molar-refractivity contribution is 0.0996. The number of hydrogen-bond donors (Lipinski definition) is 2. The predicted octanol–water partition coefficient (Wildman–Crippen LogP) is 0.417. The minimum atomic E-state index is -0.831. The number of rotatable bonds is 2. The highest BCUT2D eigenvalue weighted by Gasteiger charge is 2.10. The number of aliphatic hydroxyl groups is 1. The molecule has 1 rings (SSSR count). The standard InChI is InChI=1S/C8H8FNO2/c9-7-5(4-11)2-1-3-6(7)8(10)12/h1-3,11H,4H2,(H2,10,12). The van der Waals surface area contributed by atoms with Crippen molar-refractivity contribution in [2.24, 2.45) is 5.73 Å². The highest BCUT2D eigenvalue weighted by molar-refractivity contribution is 5.93. The summed E-state index contributed by atoms with van der Waals surface area (Å²) < 4.78 is 13.1. The summed E-state index contributed by atoms with van der Waals surface area (Å²) >= 11 is 0. The van der Waals surface area contributed by atoms with E-state index in [1.807, 2.05) is 0 Å². The summed E-state index contributed by atoms with van der Waals surface area (Å²) in [6.45, 7) is -0.438. The lowest BCUT2D eigenvalue weighted by atomic mass is 10.1. The van der Waals surface area contributed by atoms with Gasteiger partial charge in [-0.2, -0.15) is 0 Å². The van der Waals surface area contributed by atoms with Gasteiger partial charge in [-0.05, 0) is 6.07 Å². The van der Waals surface area contributed by atoms with Crippen LogP contribution in [0.5, 0.6) is 0 Å². The molecule has 0 aromatic heterocycles. The molecule has 0 bridgehead atoms. The van der Waals surface area contributed by atoms with Crippen molar-refractivity contribution in [3.05, 3.63) is 35.1 Å². The first kappa shape index (κ1) is 8.67. The lowest BCUT2D eigenvalue weighted by Gasteiger charge is -2.01. The van der Waals surface area contributed by atoms with E-state index in [1.165, 1.54) is 18.2 Å². The van der Waals surface area contributed by atoms with Crippen molar-refractivity contribution in [2.45, 2.75) is 6.61 Å². The van der Waals surface area contributed by atoms with Crippen LogP contribution >= 0.6 is 0 Å². The fourth-order valence-electron chi connectivity index (χ4n) is 0.892. The maximum Gasteiger partial charge on any atom is 0.251 e. The maximum absolute atomic E-state index is 13.1. The van der Waals surface area contributed by atoms with Gasteiger partial charge in [0.05, 0.1) is 12.2 Å². The molecular weight excluding hydrogens is 161 g/mol. The average molecular weight is 169 g/mol. The Labute approximate surface area is 68.6 Å². The molecule has 0 spiro atoms. The van der Waals surface area contributed by atoms with E-state index in [2.05, 4.69) is 0 Å². The molecule has 0 fully saturated rings. The molecule has 1 amide bonds. The zero-order chi connectivity index (χ0) is 9.14. The van der Waals surface area contributed by atoms with Crippen LogP contribution in [0.1, 0.15) is 15.9 Å². The Morgan fingerprint density at radius 1 is 1.58 bits per heavy atom. The molecule has 0 aliphatic heterocycles. The molecule has 0 aliphatic rings.